The van der Waals surface area contributed by atoms with E-state index in [2.05, 4.69) is 15.6 Å². The van der Waals surface area contributed by atoms with Gasteiger partial charge in [-0.3, -0.25) is 4.79 Å². The molecular weight excluding hydrogens is 270 g/mol. The molecule has 2 N–H and O–H groups in total. The SMILES string of the molecule is CNc1ncc(C(=O)NCCOCCOC)cc1Cl. The highest BCUT2D eigenvalue weighted by atomic mass is 35.5. The number of pyridine rings is 1. The lowest BCUT2D eigenvalue weighted by Gasteiger charge is -2.07. The minimum atomic E-state index is -0.229. The van der Waals surface area contributed by atoms with E-state index < -0.39 is 0 Å². The number of hydrogen-bond donors (Lipinski definition) is 2. The second-order valence-corrected chi connectivity index (χ2v) is 4.07. The fourth-order valence-corrected chi connectivity index (χ4v) is 1.59. The number of methoxy groups -OCH3 is 1. The molecule has 0 atom stereocenters. The molecule has 0 aliphatic heterocycles. The third-order valence-electron chi connectivity index (χ3n) is 2.30. The maximum Gasteiger partial charge on any atom is 0.252 e. The van der Waals surface area contributed by atoms with Crippen LogP contribution in [0, 0.1) is 0 Å². The van der Waals surface area contributed by atoms with E-state index in [1.165, 1.54) is 6.20 Å². The van der Waals surface area contributed by atoms with Crippen molar-refractivity contribution in [3.8, 4) is 0 Å². The van der Waals surface area contributed by atoms with Crippen LogP contribution >= 0.6 is 11.6 Å². The molecule has 1 amide bonds. The molecule has 0 radical (unpaired) electrons. The summed E-state index contributed by atoms with van der Waals surface area (Å²) in [6.07, 6.45) is 1.47. The molecule has 0 aliphatic rings. The number of rotatable bonds is 8. The molecule has 0 spiro atoms. The van der Waals surface area contributed by atoms with Gasteiger partial charge in [-0.25, -0.2) is 4.98 Å². The molecule has 1 aromatic heterocycles. The maximum absolute atomic E-state index is 11.8. The summed E-state index contributed by atoms with van der Waals surface area (Å²) in [7, 11) is 3.32. The Labute approximate surface area is 117 Å². The Morgan fingerprint density at radius 1 is 1.42 bits per heavy atom. The molecule has 0 aromatic carbocycles. The van der Waals surface area contributed by atoms with Gasteiger partial charge in [-0.05, 0) is 6.07 Å². The number of ether oxygens (including phenoxy) is 2. The average molecular weight is 288 g/mol. The van der Waals surface area contributed by atoms with E-state index in [0.717, 1.165) is 0 Å². The number of hydrogen-bond acceptors (Lipinski definition) is 5. The zero-order chi connectivity index (χ0) is 14.1. The normalized spacial score (nSPS) is 10.3. The number of nitrogens with one attached hydrogen (secondary N) is 2. The standard InChI is InChI=1S/C12H18ClN3O3/c1-14-11-10(13)7-9(8-16-11)12(17)15-3-4-19-6-5-18-2/h7-8H,3-6H2,1-2H3,(H,14,16)(H,15,17). The van der Waals surface area contributed by atoms with Crippen molar-refractivity contribution >= 4 is 23.3 Å². The Balaban J connectivity index is 2.35. The van der Waals surface area contributed by atoms with Crippen LogP contribution in [-0.4, -0.2) is 51.4 Å². The van der Waals surface area contributed by atoms with Gasteiger partial charge in [-0.2, -0.15) is 0 Å². The molecule has 0 fully saturated rings. The fraction of sp³-hybridized carbons (Fsp3) is 0.500. The molecular formula is C12H18ClN3O3. The molecule has 1 heterocycles. The van der Waals surface area contributed by atoms with E-state index >= 15 is 0 Å². The van der Waals surface area contributed by atoms with Crippen LogP contribution in [0.3, 0.4) is 0 Å². The molecule has 7 heteroatoms. The first-order chi connectivity index (χ1) is 9.19. The van der Waals surface area contributed by atoms with Crippen LogP contribution < -0.4 is 10.6 Å². The monoisotopic (exact) mass is 287 g/mol. The van der Waals surface area contributed by atoms with Crippen molar-refractivity contribution < 1.29 is 14.3 Å². The second kappa shape index (κ2) is 8.68. The molecule has 19 heavy (non-hydrogen) atoms. The molecule has 0 saturated carbocycles. The Morgan fingerprint density at radius 3 is 2.84 bits per heavy atom. The van der Waals surface area contributed by atoms with Crippen molar-refractivity contribution in [3.63, 3.8) is 0 Å². The van der Waals surface area contributed by atoms with E-state index in [0.29, 0.717) is 42.8 Å². The molecule has 0 bridgehead atoms. The van der Waals surface area contributed by atoms with E-state index in [-0.39, 0.29) is 5.91 Å². The van der Waals surface area contributed by atoms with E-state index in [1.807, 2.05) is 0 Å². The van der Waals surface area contributed by atoms with Crippen molar-refractivity contribution in [1.82, 2.24) is 10.3 Å². The summed E-state index contributed by atoms with van der Waals surface area (Å²) in [6, 6.07) is 1.57. The number of halogens is 1. The van der Waals surface area contributed by atoms with Crippen molar-refractivity contribution in [3.05, 3.63) is 22.8 Å². The quantitative estimate of drug-likeness (QED) is 0.702. The van der Waals surface area contributed by atoms with E-state index in [4.69, 9.17) is 21.1 Å². The number of amides is 1. The summed E-state index contributed by atoms with van der Waals surface area (Å²) in [6.45, 7) is 1.91. The molecule has 106 valence electrons. The molecule has 0 saturated heterocycles. The first kappa shape index (κ1) is 15.7. The van der Waals surface area contributed by atoms with Gasteiger partial charge in [0.25, 0.3) is 5.91 Å². The van der Waals surface area contributed by atoms with Gasteiger partial charge in [-0.15, -0.1) is 0 Å². The van der Waals surface area contributed by atoms with Crippen LogP contribution in [0.4, 0.5) is 5.82 Å². The third kappa shape index (κ3) is 5.42. The van der Waals surface area contributed by atoms with Crippen molar-refractivity contribution in [1.29, 1.82) is 0 Å². The minimum Gasteiger partial charge on any atom is -0.382 e. The highest BCUT2D eigenvalue weighted by Gasteiger charge is 2.08. The Kier molecular flexibility index (Phi) is 7.17. The summed E-state index contributed by atoms with van der Waals surface area (Å²) < 4.78 is 10.1. The van der Waals surface area contributed by atoms with Crippen LogP contribution in [0.25, 0.3) is 0 Å². The van der Waals surface area contributed by atoms with Gasteiger partial charge in [0, 0.05) is 26.9 Å². The van der Waals surface area contributed by atoms with Gasteiger partial charge in [-0.1, -0.05) is 11.6 Å². The number of aromatic nitrogens is 1. The lowest BCUT2D eigenvalue weighted by Crippen LogP contribution is -2.27. The highest BCUT2D eigenvalue weighted by Crippen LogP contribution is 2.19. The Hall–Kier alpha value is -1.37. The first-order valence-electron chi connectivity index (χ1n) is 5.87. The number of anilines is 1. The van der Waals surface area contributed by atoms with Gasteiger partial charge < -0.3 is 20.1 Å². The highest BCUT2D eigenvalue weighted by molar-refractivity contribution is 6.33. The van der Waals surface area contributed by atoms with Crippen LogP contribution in [0.15, 0.2) is 12.3 Å². The van der Waals surface area contributed by atoms with Crippen molar-refractivity contribution in [2.45, 2.75) is 0 Å². The fourth-order valence-electron chi connectivity index (χ4n) is 1.33. The summed E-state index contributed by atoms with van der Waals surface area (Å²) in [5.74, 6) is 0.313. The predicted molar refractivity (Wildman–Crippen MR) is 73.8 cm³/mol. The third-order valence-corrected chi connectivity index (χ3v) is 2.59. The van der Waals surface area contributed by atoms with Crippen LogP contribution in [0.2, 0.25) is 5.02 Å². The predicted octanol–water partition coefficient (Wildman–Crippen LogP) is 1.17. The van der Waals surface area contributed by atoms with Gasteiger partial charge in [0.15, 0.2) is 0 Å². The summed E-state index contributed by atoms with van der Waals surface area (Å²) in [4.78, 5) is 15.8. The molecule has 0 aliphatic carbocycles. The van der Waals surface area contributed by atoms with Crippen LogP contribution in [-0.2, 0) is 9.47 Å². The topological polar surface area (TPSA) is 72.5 Å². The summed E-state index contributed by atoms with van der Waals surface area (Å²) >= 11 is 5.95. The van der Waals surface area contributed by atoms with Crippen LogP contribution in [0.1, 0.15) is 10.4 Å². The zero-order valence-electron chi connectivity index (χ0n) is 11.0. The van der Waals surface area contributed by atoms with Gasteiger partial charge in [0.05, 0.1) is 30.4 Å². The zero-order valence-corrected chi connectivity index (χ0v) is 11.8. The second-order valence-electron chi connectivity index (χ2n) is 3.67. The summed E-state index contributed by atoms with van der Waals surface area (Å²) in [5.41, 5.74) is 0.417. The first-order valence-corrected chi connectivity index (χ1v) is 6.25. The molecule has 1 aromatic rings. The number of nitrogens with zero attached hydrogens (tertiary/aromatic N) is 1. The smallest absolute Gasteiger partial charge is 0.252 e. The number of carbonyl (C=O) groups excluding carboxylic acids is 1. The lowest BCUT2D eigenvalue weighted by atomic mass is 10.2. The average Bonchev–Trinajstić information content (AvgIpc) is 2.42. The summed E-state index contributed by atoms with van der Waals surface area (Å²) in [5, 5.41) is 5.95. The Bertz CT molecular complexity index is 415. The molecule has 1 rings (SSSR count). The van der Waals surface area contributed by atoms with Crippen molar-refractivity contribution in [2.24, 2.45) is 0 Å². The minimum absolute atomic E-state index is 0.229. The van der Waals surface area contributed by atoms with Gasteiger partial charge in [0.2, 0.25) is 0 Å². The van der Waals surface area contributed by atoms with E-state index in [1.54, 1.807) is 20.2 Å². The number of carbonyl (C=O) groups is 1. The van der Waals surface area contributed by atoms with Crippen LogP contribution in [0.5, 0.6) is 0 Å². The molecule has 0 unspecified atom stereocenters. The lowest BCUT2D eigenvalue weighted by molar-refractivity contribution is 0.0692. The maximum atomic E-state index is 11.8. The molecule has 6 nitrogen and oxygen atoms in total. The van der Waals surface area contributed by atoms with Gasteiger partial charge in [0.1, 0.15) is 5.82 Å². The van der Waals surface area contributed by atoms with Crippen molar-refractivity contribution in [2.75, 3.05) is 45.8 Å². The Morgan fingerprint density at radius 2 is 2.21 bits per heavy atom. The van der Waals surface area contributed by atoms with E-state index in [9.17, 15) is 4.79 Å². The van der Waals surface area contributed by atoms with Gasteiger partial charge >= 0.3 is 0 Å². The largest absolute Gasteiger partial charge is 0.382 e.